The number of hydrogen-bond donors (Lipinski definition) is 2. The summed E-state index contributed by atoms with van der Waals surface area (Å²) >= 11 is 5.80. The molecule has 0 bridgehead atoms. The van der Waals surface area contributed by atoms with Crippen molar-refractivity contribution in [2.75, 3.05) is 5.32 Å². The highest BCUT2D eigenvalue weighted by molar-refractivity contribution is 6.33. The number of nitrogens with one attached hydrogen (secondary N) is 1. The zero-order valence-corrected chi connectivity index (χ0v) is 14.3. The molecule has 1 amide bonds. The number of aromatic carboxylic acids is 1. The van der Waals surface area contributed by atoms with Gasteiger partial charge in [0.25, 0.3) is 5.69 Å². The molecule has 0 aliphatic heterocycles. The van der Waals surface area contributed by atoms with Gasteiger partial charge < -0.3 is 10.4 Å². The van der Waals surface area contributed by atoms with E-state index >= 15 is 0 Å². The molecule has 0 fully saturated rings. The standard InChI is InChI=1S/C17H15ClN2O5/c1-9-3-10(2)5-11(4-9)6-16(21)19-14-8-13(18)15(20(24)25)7-12(14)17(22)23/h3-5,7-8H,6H2,1-2H3,(H,19,21)(H,22,23). The molecule has 0 unspecified atom stereocenters. The van der Waals surface area contributed by atoms with Crippen molar-refractivity contribution < 1.29 is 19.6 Å². The predicted molar refractivity (Wildman–Crippen MR) is 93.3 cm³/mol. The Labute approximate surface area is 148 Å². The average molecular weight is 363 g/mol. The second kappa shape index (κ2) is 7.31. The van der Waals surface area contributed by atoms with E-state index in [4.69, 9.17) is 11.6 Å². The molecule has 0 heterocycles. The van der Waals surface area contributed by atoms with Gasteiger partial charge in [-0.3, -0.25) is 14.9 Å². The van der Waals surface area contributed by atoms with Crippen LogP contribution in [0.4, 0.5) is 11.4 Å². The third-order valence-corrected chi connectivity index (χ3v) is 3.74. The quantitative estimate of drug-likeness (QED) is 0.621. The number of carboxylic acids is 1. The Balaban J connectivity index is 2.29. The van der Waals surface area contributed by atoms with Crippen LogP contribution in [0.5, 0.6) is 0 Å². The summed E-state index contributed by atoms with van der Waals surface area (Å²) in [7, 11) is 0. The summed E-state index contributed by atoms with van der Waals surface area (Å²) < 4.78 is 0. The largest absolute Gasteiger partial charge is 0.478 e. The number of nitro groups is 1. The maximum Gasteiger partial charge on any atom is 0.338 e. The SMILES string of the molecule is Cc1cc(C)cc(CC(=O)Nc2cc(Cl)c([N+](=O)[O-])cc2C(=O)O)c1. The Kier molecular flexibility index (Phi) is 5.38. The lowest BCUT2D eigenvalue weighted by atomic mass is 10.0. The van der Waals surface area contributed by atoms with Gasteiger partial charge in [-0.05, 0) is 25.5 Å². The van der Waals surface area contributed by atoms with E-state index in [0.717, 1.165) is 28.8 Å². The number of aryl methyl sites for hydroxylation is 2. The second-order valence-corrected chi connectivity index (χ2v) is 6.04. The molecular formula is C17H15ClN2O5. The summed E-state index contributed by atoms with van der Waals surface area (Å²) in [6, 6.07) is 7.58. The third-order valence-electron chi connectivity index (χ3n) is 3.43. The molecule has 8 heteroatoms. The van der Waals surface area contributed by atoms with Crippen molar-refractivity contribution in [1.29, 1.82) is 0 Å². The molecule has 0 saturated heterocycles. The number of halogens is 1. The van der Waals surface area contributed by atoms with Crippen molar-refractivity contribution in [3.05, 3.63) is 67.7 Å². The summed E-state index contributed by atoms with van der Waals surface area (Å²) in [4.78, 5) is 33.6. The first-order valence-electron chi connectivity index (χ1n) is 7.25. The molecule has 7 nitrogen and oxygen atoms in total. The van der Waals surface area contributed by atoms with E-state index in [-0.39, 0.29) is 17.1 Å². The highest BCUT2D eigenvalue weighted by Crippen LogP contribution is 2.31. The van der Waals surface area contributed by atoms with Gasteiger partial charge in [0.05, 0.1) is 22.6 Å². The maximum atomic E-state index is 12.2. The molecular weight excluding hydrogens is 348 g/mol. The monoisotopic (exact) mass is 362 g/mol. The van der Waals surface area contributed by atoms with E-state index in [1.165, 1.54) is 0 Å². The molecule has 2 aromatic carbocycles. The summed E-state index contributed by atoms with van der Waals surface area (Å²) in [5.74, 6) is -1.85. The highest BCUT2D eigenvalue weighted by Gasteiger charge is 2.21. The van der Waals surface area contributed by atoms with Crippen LogP contribution in [0.3, 0.4) is 0 Å². The lowest BCUT2D eigenvalue weighted by Crippen LogP contribution is -2.17. The fourth-order valence-electron chi connectivity index (χ4n) is 2.53. The summed E-state index contributed by atoms with van der Waals surface area (Å²) in [6.07, 6.45) is 0.0379. The van der Waals surface area contributed by atoms with E-state index in [1.807, 2.05) is 32.0 Å². The molecule has 0 aliphatic rings. The molecule has 0 saturated carbocycles. The summed E-state index contributed by atoms with van der Waals surface area (Å²) in [6.45, 7) is 3.82. The van der Waals surface area contributed by atoms with Gasteiger partial charge in [-0.25, -0.2) is 4.79 Å². The van der Waals surface area contributed by atoms with Gasteiger partial charge in [0.2, 0.25) is 5.91 Å². The zero-order valence-electron chi connectivity index (χ0n) is 13.5. The van der Waals surface area contributed by atoms with Crippen molar-refractivity contribution in [3.8, 4) is 0 Å². The number of amides is 1. The van der Waals surface area contributed by atoms with Gasteiger partial charge in [-0.2, -0.15) is 0 Å². The van der Waals surface area contributed by atoms with Crippen LogP contribution in [0.2, 0.25) is 5.02 Å². The van der Waals surface area contributed by atoms with E-state index in [2.05, 4.69) is 5.32 Å². The van der Waals surface area contributed by atoms with Gasteiger partial charge in [-0.15, -0.1) is 0 Å². The minimum atomic E-state index is -1.40. The topological polar surface area (TPSA) is 110 Å². The molecule has 2 rings (SSSR count). The Morgan fingerprint density at radius 1 is 1.16 bits per heavy atom. The molecule has 0 spiro atoms. The summed E-state index contributed by atoms with van der Waals surface area (Å²) in [5, 5.41) is 22.3. The first kappa shape index (κ1) is 18.4. The average Bonchev–Trinajstić information content (AvgIpc) is 2.44. The minimum absolute atomic E-state index is 0.0379. The Bertz CT molecular complexity index is 859. The molecule has 0 aliphatic carbocycles. The third kappa shape index (κ3) is 4.54. The lowest BCUT2D eigenvalue weighted by Gasteiger charge is -2.10. The Hall–Kier alpha value is -2.93. The van der Waals surface area contributed by atoms with Gasteiger partial charge in [0, 0.05) is 6.07 Å². The highest BCUT2D eigenvalue weighted by atomic mass is 35.5. The van der Waals surface area contributed by atoms with Crippen molar-refractivity contribution in [2.24, 2.45) is 0 Å². The van der Waals surface area contributed by atoms with Crippen LogP contribution >= 0.6 is 11.6 Å². The maximum absolute atomic E-state index is 12.2. The van der Waals surface area contributed by atoms with Gasteiger partial charge in [-0.1, -0.05) is 40.9 Å². The molecule has 0 atom stereocenters. The Morgan fingerprint density at radius 2 is 1.76 bits per heavy atom. The van der Waals surface area contributed by atoms with E-state index in [1.54, 1.807) is 0 Å². The predicted octanol–water partition coefficient (Wildman–Crippen LogP) is 3.74. The number of benzene rings is 2. The van der Waals surface area contributed by atoms with Crippen molar-refractivity contribution in [3.63, 3.8) is 0 Å². The number of carboxylic acid groups (broad SMARTS) is 1. The number of nitro benzene ring substituents is 1. The second-order valence-electron chi connectivity index (χ2n) is 5.63. The van der Waals surface area contributed by atoms with Crippen molar-refractivity contribution >= 4 is 34.9 Å². The fraction of sp³-hybridized carbons (Fsp3) is 0.176. The van der Waals surface area contributed by atoms with Crippen LogP contribution in [0.15, 0.2) is 30.3 Å². The van der Waals surface area contributed by atoms with Crippen LogP contribution in [0, 0.1) is 24.0 Å². The van der Waals surface area contributed by atoms with Gasteiger partial charge >= 0.3 is 5.97 Å². The molecule has 25 heavy (non-hydrogen) atoms. The Morgan fingerprint density at radius 3 is 2.28 bits per heavy atom. The normalized spacial score (nSPS) is 10.4. The number of hydrogen-bond acceptors (Lipinski definition) is 4. The molecule has 130 valence electrons. The van der Waals surface area contributed by atoms with Gasteiger partial charge in [0.1, 0.15) is 5.02 Å². The number of rotatable bonds is 5. The number of carbonyl (C=O) groups is 2. The van der Waals surface area contributed by atoms with Crippen LogP contribution in [0.25, 0.3) is 0 Å². The zero-order chi connectivity index (χ0) is 18.7. The molecule has 2 aromatic rings. The number of nitrogens with zero attached hydrogens (tertiary/aromatic N) is 1. The van der Waals surface area contributed by atoms with Crippen LogP contribution < -0.4 is 5.32 Å². The van der Waals surface area contributed by atoms with Gasteiger partial charge in [0.15, 0.2) is 0 Å². The smallest absolute Gasteiger partial charge is 0.338 e. The van der Waals surface area contributed by atoms with Crippen LogP contribution in [-0.4, -0.2) is 21.9 Å². The molecule has 0 aromatic heterocycles. The first-order valence-corrected chi connectivity index (χ1v) is 7.63. The minimum Gasteiger partial charge on any atom is -0.478 e. The lowest BCUT2D eigenvalue weighted by molar-refractivity contribution is -0.384. The first-order chi connectivity index (χ1) is 11.7. The summed E-state index contributed by atoms with van der Waals surface area (Å²) in [5.41, 5.74) is 1.77. The number of anilines is 1. The van der Waals surface area contributed by atoms with Crippen molar-refractivity contribution in [1.82, 2.24) is 0 Å². The molecule has 2 N–H and O–H groups in total. The van der Waals surface area contributed by atoms with Crippen molar-refractivity contribution in [2.45, 2.75) is 20.3 Å². The van der Waals surface area contributed by atoms with E-state index in [0.29, 0.717) is 0 Å². The number of carbonyl (C=O) groups excluding carboxylic acids is 1. The molecule has 0 radical (unpaired) electrons. The van der Waals surface area contributed by atoms with Crippen LogP contribution in [0.1, 0.15) is 27.0 Å². The fourth-order valence-corrected chi connectivity index (χ4v) is 2.77. The van der Waals surface area contributed by atoms with E-state index < -0.39 is 28.1 Å². The van der Waals surface area contributed by atoms with Crippen LogP contribution in [-0.2, 0) is 11.2 Å². The van der Waals surface area contributed by atoms with E-state index in [9.17, 15) is 24.8 Å².